The van der Waals surface area contributed by atoms with Crippen LogP contribution in [0.1, 0.15) is 30.4 Å². The summed E-state index contributed by atoms with van der Waals surface area (Å²) in [5.74, 6) is -1.22. The molecular weight excluding hydrogens is 330 g/mol. The number of rotatable bonds is 5. The number of amides is 1. The van der Waals surface area contributed by atoms with Crippen LogP contribution >= 0.6 is 0 Å². The molecule has 2 aliphatic carbocycles. The SMILES string of the molecule is Cc1ccc(Cn2ccc(NC(=O)[C@H]3[C@H]4CC[C@@H](C4)[C@H]3C(=O)O)n2)cc1. The first-order chi connectivity index (χ1) is 12.5. The second kappa shape index (κ2) is 6.59. The number of nitrogens with one attached hydrogen (secondary N) is 1. The van der Waals surface area contributed by atoms with Gasteiger partial charge in [0.05, 0.1) is 18.4 Å². The van der Waals surface area contributed by atoms with E-state index in [1.165, 1.54) is 5.56 Å². The summed E-state index contributed by atoms with van der Waals surface area (Å²) in [7, 11) is 0. The number of hydrogen-bond acceptors (Lipinski definition) is 3. The highest BCUT2D eigenvalue weighted by atomic mass is 16.4. The molecule has 2 aromatic rings. The Morgan fingerprint density at radius 3 is 2.54 bits per heavy atom. The van der Waals surface area contributed by atoms with E-state index in [-0.39, 0.29) is 17.7 Å². The van der Waals surface area contributed by atoms with Gasteiger partial charge in [-0.25, -0.2) is 0 Å². The van der Waals surface area contributed by atoms with Crippen molar-refractivity contribution in [3.8, 4) is 0 Å². The molecule has 4 rings (SSSR count). The largest absolute Gasteiger partial charge is 0.481 e. The number of carboxylic acids is 1. The van der Waals surface area contributed by atoms with Crippen LogP contribution < -0.4 is 5.32 Å². The zero-order valence-electron chi connectivity index (χ0n) is 14.8. The van der Waals surface area contributed by atoms with E-state index in [1.807, 2.05) is 13.1 Å². The van der Waals surface area contributed by atoms with Gasteiger partial charge in [-0.3, -0.25) is 14.3 Å². The molecule has 2 N–H and O–H groups in total. The molecule has 1 aromatic heterocycles. The van der Waals surface area contributed by atoms with Crippen molar-refractivity contribution in [3.05, 3.63) is 47.7 Å². The molecular formula is C20H23N3O3. The molecule has 6 nitrogen and oxygen atoms in total. The molecule has 2 fully saturated rings. The molecule has 0 radical (unpaired) electrons. The summed E-state index contributed by atoms with van der Waals surface area (Å²) in [6, 6.07) is 9.99. The fraction of sp³-hybridized carbons (Fsp3) is 0.450. The predicted molar refractivity (Wildman–Crippen MR) is 96.6 cm³/mol. The average Bonchev–Trinajstić information content (AvgIpc) is 3.32. The van der Waals surface area contributed by atoms with Crippen LogP contribution in [-0.2, 0) is 16.1 Å². The molecule has 2 bridgehead atoms. The van der Waals surface area contributed by atoms with Crippen molar-refractivity contribution < 1.29 is 14.7 Å². The van der Waals surface area contributed by atoms with Crippen LogP contribution in [0.25, 0.3) is 0 Å². The minimum atomic E-state index is -0.845. The third kappa shape index (κ3) is 3.11. The smallest absolute Gasteiger partial charge is 0.307 e. The fourth-order valence-electron chi connectivity index (χ4n) is 4.63. The van der Waals surface area contributed by atoms with Crippen LogP contribution in [-0.4, -0.2) is 26.8 Å². The standard InChI is InChI=1S/C20H23N3O3/c1-12-2-4-13(5-3-12)11-23-9-8-16(22-23)21-19(24)17-14-6-7-15(10-14)18(17)20(25)26/h2-5,8-9,14-15,17-18H,6-7,10-11H2,1H3,(H,25,26)(H,21,22,24)/t14-,15-,17-,18+/m0/s1. The van der Waals surface area contributed by atoms with Gasteiger partial charge in [0.1, 0.15) is 0 Å². The van der Waals surface area contributed by atoms with Gasteiger partial charge in [-0.05, 0) is 43.6 Å². The van der Waals surface area contributed by atoms with Crippen LogP contribution in [0.5, 0.6) is 0 Å². The van der Waals surface area contributed by atoms with E-state index in [0.717, 1.165) is 24.8 Å². The Balaban J connectivity index is 1.43. The molecule has 4 atom stereocenters. The molecule has 0 saturated heterocycles. The number of fused-ring (bicyclic) bond motifs is 2. The maximum atomic E-state index is 12.7. The third-order valence-corrected chi connectivity index (χ3v) is 5.86. The van der Waals surface area contributed by atoms with Crippen LogP contribution in [0, 0.1) is 30.6 Å². The monoisotopic (exact) mass is 353 g/mol. The Bertz CT molecular complexity index is 827. The second-order valence-corrected chi connectivity index (χ2v) is 7.60. The minimum absolute atomic E-state index is 0.146. The molecule has 1 amide bonds. The molecule has 2 saturated carbocycles. The molecule has 0 aliphatic heterocycles. The lowest BCUT2D eigenvalue weighted by Crippen LogP contribution is -2.37. The number of carboxylic acid groups (broad SMARTS) is 1. The maximum absolute atomic E-state index is 12.7. The van der Waals surface area contributed by atoms with Crippen molar-refractivity contribution in [2.24, 2.45) is 23.7 Å². The zero-order valence-corrected chi connectivity index (χ0v) is 14.8. The first kappa shape index (κ1) is 16.8. The summed E-state index contributed by atoms with van der Waals surface area (Å²) in [5.41, 5.74) is 2.34. The van der Waals surface area contributed by atoms with Crippen LogP contribution in [0.4, 0.5) is 5.82 Å². The Labute approximate surface area is 152 Å². The summed E-state index contributed by atoms with van der Waals surface area (Å²) in [4.78, 5) is 24.3. The van der Waals surface area contributed by atoms with E-state index < -0.39 is 17.8 Å². The molecule has 26 heavy (non-hydrogen) atoms. The van der Waals surface area contributed by atoms with E-state index >= 15 is 0 Å². The number of hydrogen-bond donors (Lipinski definition) is 2. The van der Waals surface area contributed by atoms with Gasteiger partial charge in [-0.2, -0.15) is 5.10 Å². The lowest BCUT2D eigenvalue weighted by Gasteiger charge is -2.26. The number of benzene rings is 1. The summed E-state index contributed by atoms with van der Waals surface area (Å²) < 4.78 is 1.77. The Morgan fingerprint density at radius 2 is 1.85 bits per heavy atom. The van der Waals surface area contributed by atoms with Crippen LogP contribution in [0.3, 0.4) is 0 Å². The highest BCUT2D eigenvalue weighted by molar-refractivity contribution is 5.95. The van der Waals surface area contributed by atoms with Crippen molar-refractivity contribution >= 4 is 17.7 Å². The number of anilines is 1. The number of carbonyl (C=O) groups excluding carboxylic acids is 1. The molecule has 2 aliphatic rings. The summed E-state index contributed by atoms with van der Waals surface area (Å²) in [6.07, 6.45) is 4.56. The quantitative estimate of drug-likeness (QED) is 0.866. The molecule has 6 heteroatoms. The summed E-state index contributed by atoms with van der Waals surface area (Å²) in [6.45, 7) is 2.67. The fourth-order valence-corrected chi connectivity index (χ4v) is 4.63. The van der Waals surface area contributed by atoms with Gasteiger partial charge in [0.2, 0.25) is 5.91 Å². The number of aryl methyl sites for hydroxylation is 1. The molecule has 1 aromatic carbocycles. The number of aliphatic carboxylic acids is 1. The number of carbonyl (C=O) groups is 2. The van der Waals surface area contributed by atoms with Gasteiger partial charge in [-0.15, -0.1) is 0 Å². The maximum Gasteiger partial charge on any atom is 0.307 e. The van der Waals surface area contributed by atoms with Crippen LogP contribution in [0.15, 0.2) is 36.5 Å². The Hall–Kier alpha value is -2.63. The number of aromatic nitrogens is 2. The highest BCUT2D eigenvalue weighted by Crippen LogP contribution is 2.52. The van der Waals surface area contributed by atoms with Crippen molar-refractivity contribution in [3.63, 3.8) is 0 Å². The zero-order chi connectivity index (χ0) is 18.3. The molecule has 0 spiro atoms. The first-order valence-corrected chi connectivity index (χ1v) is 9.14. The van der Waals surface area contributed by atoms with Gasteiger partial charge in [0, 0.05) is 12.3 Å². The Morgan fingerprint density at radius 1 is 1.15 bits per heavy atom. The Kier molecular flexibility index (Phi) is 4.26. The molecule has 1 heterocycles. The van der Waals surface area contributed by atoms with E-state index in [2.05, 4.69) is 34.7 Å². The van der Waals surface area contributed by atoms with Gasteiger partial charge >= 0.3 is 5.97 Å². The van der Waals surface area contributed by atoms with E-state index in [1.54, 1.807) is 10.7 Å². The van der Waals surface area contributed by atoms with Gasteiger partial charge < -0.3 is 10.4 Å². The van der Waals surface area contributed by atoms with E-state index in [4.69, 9.17) is 0 Å². The topological polar surface area (TPSA) is 84.2 Å². The van der Waals surface area contributed by atoms with Crippen molar-refractivity contribution in [2.45, 2.75) is 32.7 Å². The molecule has 0 unspecified atom stereocenters. The van der Waals surface area contributed by atoms with Gasteiger partial charge in [0.25, 0.3) is 0 Å². The van der Waals surface area contributed by atoms with Gasteiger partial charge in [-0.1, -0.05) is 29.8 Å². The number of nitrogens with zero attached hydrogens (tertiary/aromatic N) is 2. The first-order valence-electron chi connectivity index (χ1n) is 9.14. The van der Waals surface area contributed by atoms with Gasteiger partial charge in [0.15, 0.2) is 5.82 Å². The second-order valence-electron chi connectivity index (χ2n) is 7.60. The summed E-state index contributed by atoms with van der Waals surface area (Å²) >= 11 is 0. The lowest BCUT2D eigenvalue weighted by atomic mass is 9.79. The lowest BCUT2D eigenvalue weighted by molar-refractivity contribution is -0.148. The van der Waals surface area contributed by atoms with Crippen molar-refractivity contribution in [1.82, 2.24) is 9.78 Å². The normalized spacial score (nSPS) is 26.8. The van der Waals surface area contributed by atoms with Crippen molar-refractivity contribution in [2.75, 3.05) is 5.32 Å². The minimum Gasteiger partial charge on any atom is -0.481 e. The van der Waals surface area contributed by atoms with E-state index in [9.17, 15) is 14.7 Å². The molecule has 136 valence electrons. The predicted octanol–water partition coefficient (Wildman–Crippen LogP) is 2.93. The van der Waals surface area contributed by atoms with E-state index in [0.29, 0.717) is 12.4 Å². The summed E-state index contributed by atoms with van der Waals surface area (Å²) in [5, 5.41) is 16.8. The average molecular weight is 353 g/mol. The highest BCUT2D eigenvalue weighted by Gasteiger charge is 2.54. The third-order valence-electron chi connectivity index (χ3n) is 5.86. The van der Waals surface area contributed by atoms with Crippen molar-refractivity contribution in [1.29, 1.82) is 0 Å². The van der Waals surface area contributed by atoms with Crippen LogP contribution in [0.2, 0.25) is 0 Å².